The van der Waals surface area contributed by atoms with E-state index < -0.39 is 90.1 Å². The van der Waals surface area contributed by atoms with Gasteiger partial charge in [-0.3, -0.25) is 28.8 Å². The summed E-state index contributed by atoms with van der Waals surface area (Å²) in [6.45, 7) is 1.70. The van der Waals surface area contributed by atoms with Gasteiger partial charge in [-0.1, -0.05) is 0 Å². The summed E-state index contributed by atoms with van der Waals surface area (Å²) in [4.78, 5) is 74.0. The van der Waals surface area contributed by atoms with Crippen LogP contribution in [0.3, 0.4) is 0 Å². The Morgan fingerprint density at radius 2 is 1.63 bits per heavy atom. The fourth-order valence-electron chi connectivity index (χ4n) is 3.09. The Hall–Kier alpha value is -2.95. The number of carboxylic acid groups (broad SMARTS) is 1. The summed E-state index contributed by atoms with van der Waals surface area (Å²) in [5.41, 5.74) is 5.17. The molecule has 1 rings (SSSR count). The molecule has 198 valence electrons. The minimum atomic E-state index is -1.54. The third-order valence-electron chi connectivity index (χ3n) is 5.11. The van der Waals surface area contributed by atoms with Gasteiger partial charge in [0.05, 0.1) is 31.2 Å². The van der Waals surface area contributed by atoms with E-state index in [9.17, 15) is 44.1 Å². The predicted octanol–water partition coefficient (Wildman–Crippen LogP) is -5.02. The highest BCUT2D eigenvalue weighted by molar-refractivity contribution is 8.00. The quantitative estimate of drug-likeness (QED) is 0.160. The average molecular weight is 521 g/mol. The molecule has 0 spiro atoms. The van der Waals surface area contributed by atoms with E-state index in [1.807, 2.05) is 0 Å². The van der Waals surface area contributed by atoms with Crippen LogP contribution in [0.25, 0.3) is 0 Å². The molecule has 1 heterocycles. The first-order valence-corrected chi connectivity index (χ1v) is 11.7. The molecule has 7 atom stereocenters. The molecule has 35 heavy (non-hydrogen) atoms. The van der Waals surface area contributed by atoms with Crippen LogP contribution in [0.15, 0.2) is 0 Å². The molecule has 1 fully saturated rings. The highest BCUT2D eigenvalue weighted by atomic mass is 32.2. The Balaban J connectivity index is 3.42. The van der Waals surface area contributed by atoms with Crippen molar-refractivity contribution in [1.29, 1.82) is 0 Å². The van der Waals surface area contributed by atoms with Gasteiger partial charge in [0.15, 0.2) is 0 Å². The summed E-state index contributed by atoms with van der Waals surface area (Å²) in [6, 6.07) is -6.64. The number of nitrogens with two attached hydrogens (primary N) is 1. The Morgan fingerprint density at radius 3 is 2.11 bits per heavy atom. The first-order valence-electron chi connectivity index (χ1n) is 10.6. The fourth-order valence-corrected chi connectivity index (χ4v) is 4.45. The number of aliphatic hydroxyl groups excluding tert-OH is 2. The maximum absolute atomic E-state index is 12.9. The van der Waals surface area contributed by atoms with Crippen LogP contribution in [0.5, 0.6) is 0 Å². The van der Waals surface area contributed by atoms with Crippen LogP contribution in [0.2, 0.25) is 0 Å². The summed E-state index contributed by atoms with van der Waals surface area (Å²) in [6.07, 6.45) is -2.03. The molecular formula is C19H32N6O9S. The van der Waals surface area contributed by atoms with Gasteiger partial charge in [0, 0.05) is 5.75 Å². The molecular weight excluding hydrogens is 488 g/mol. The number of hydrogen-bond donors (Lipinski definition) is 9. The largest absolute Gasteiger partial charge is 0.480 e. The van der Waals surface area contributed by atoms with E-state index in [2.05, 4.69) is 26.6 Å². The number of rotatable bonds is 6. The van der Waals surface area contributed by atoms with Crippen molar-refractivity contribution in [3.8, 4) is 0 Å². The third kappa shape index (κ3) is 8.97. The smallest absolute Gasteiger partial charge is 0.318 e. The molecule has 1 aliphatic heterocycles. The lowest BCUT2D eigenvalue weighted by Crippen LogP contribution is -2.61. The van der Waals surface area contributed by atoms with Crippen LogP contribution in [-0.2, 0) is 28.8 Å². The standard InChI is InChI=1S/C19H32N6O9S/c1-7-15(29)23-9(4-12(20)28)16(30)25-13(8(2)27)14(19(33)34)35-6-11(21-3)18(32)24-10(5-26)17(31)22-7/h7-11,13-14,21,26-27H,4-6H2,1-3H3,(H2,20,28)(H,22,31)(H,23,29)(H,24,32)(H,25,30)(H,33,34)/t7?,8-,9?,10?,11?,13+,14?/m0/s1. The predicted molar refractivity (Wildman–Crippen MR) is 123 cm³/mol. The first-order chi connectivity index (χ1) is 16.3. The zero-order valence-electron chi connectivity index (χ0n) is 19.4. The molecule has 16 heteroatoms. The Labute approximate surface area is 205 Å². The lowest BCUT2D eigenvalue weighted by molar-refractivity contribution is -0.139. The van der Waals surface area contributed by atoms with Gasteiger partial charge >= 0.3 is 5.97 Å². The Bertz CT molecular complexity index is 827. The lowest BCUT2D eigenvalue weighted by Gasteiger charge is -2.30. The summed E-state index contributed by atoms with van der Waals surface area (Å²) >= 11 is 0.726. The maximum Gasteiger partial charge on any atom is 0.318 e. The van der Waals surface area contributed by atoms with Gasteiger partial charge < -0.3 is 47.6 Å². The number of carbonyl (C=O) groups excluding carboxylic acids is 5. The molecule has 0 radical (unpaired) electrons. The normalized spacial score (nSPS) is 30.3. The number of hydrogen-bond acceptors (Lipinski definition) is 10. The van der Waals surface area contributed by atoms with E-state index in [0.717, 1.165) is 11.8 Å². The Kier molecular flexibility index (Phi) is 11.9. The van der Waals surface area contributed by atoms with E-state index in [1.54, 1.807) is 0 Å². The van der Waals surface area contributed by atoms with Crippen molar-refractivity contribution in [2.45, 2.75) is 61.8 Å². The second kappa shape index (κ2) is 13.8. The molecule has 10 N–H and O–H groups in total. The van der Waals surface area contributed by atoms with Crippen molar-refractivity contribution in [2.24, 2.45) is 5.73 Å². The molecule has 1 aliphatic rings. The van der Waals surface area contributed by atoms with Gasteiger partial charge in [-0.15, -0.1) is 11.8 Å². The van der Waals surface area contributed by atoms with E-state index in [0.29, 0.717) is 0 Å². The van der Waals surface area contributed by atoms with Gasteiger partial charge in [0.2, 0.25) is 29.5 Å². The van der Waals surface area contributed by atoms with Gasteiger partial charge in [0.25, 0.3) is 0 Å². The van der Waals surface area contributed by atoms with E-state index in [1.165, 1.54) is 20.9 Å². The number of primary amides is 1. The molecule has 15 nitrogen and oxygen atoms in total. The second-order valence-electron chi connectivity index (χ2n) is 7.91. The summed E-state index contributed by atoms with van der Waals surface area (Å²) in [5, 5.41) is 39.9. The summed E-state index contributed by atoms with van der Waals surface area (Å²) < 4.78 is 0. The van der Waals surface area contributed by atoms with E-state index in [4.69, 9.17) is 5.73 Å². The maximum atomic E-state index is 12.9. The monoisotopic (exact) mass is 520 g/mol. The molecule has 0 saturated carbocycles. The molecule has 0 aromatic heterocycles. The highest BCUT2D eigenvalue weighted by Gasteiger charge is 2.37. The molecule has 0 bridgehead atoms. The molecule has 0 aromatic carbocycles. The first kappa shape index (κ1) is 30.1. The number of thioether (sulfide) groups is 1. The van der Waals surface area contributed by atoms with Gasteiger partial charge in [-0.2, -0.15) is 0 Å². The number of likely N-dealkylation sites (N-methyl/N-ethyl adjacent to an activating group) is 1. The number of carbonyl (C=O) groups is 6. The van der Waals surface area contributed by atoms with Crippen molar-refractivity contribution in [3.05, 3.63) is 0 Å². The van der Waals surface area contributed by atoms with Crippen molar-refractivity contribution in [3.63, 3.8) is 0 Å². The van der Waals surface area contributed by atoms with Crippen molar-refractivity contribution in [2.75, 3.05) is 19.4 Å². The number of amides is 5. The number of carboxylic acids is 1. The average Bonchev–Trinajstić information content (AvgIpc) is 2.76. The van der Waals surface area contributed by atoms with Gasteiger partial charge in [-0.25, -0.2) is 0 Å². The van der Waals surface area contributed by atoms with Crippen LogP contribution in [0.4, 0.5) is 0 Å². The minimum absolute atomic E-state index is 0.157. The Morgan fingerprint density at radius 1 is 1.06 bits per heavy atom. The van der Waals surface area contributed by atoms with Crippen LogP contribution in [0, 0.1) is 0 Å². The van der Waals surface area contributed by atoms with E-state index >= 15 is 0 Å². The zero-order valence-corrected chi connectivity index (χ0v) is 20.3. The minimum Gasteiger partial charge on any atom is -0.480 e. The van der Waals surface area contributed by atoms with Crippen LogP contribution < -0.4 is 32.3 Å². The lowest BCUT2D eigenvalue weighted by atomic mass is 10.1. The van der Waals surface area contributed by atoms with Gasteiger partial charge in [-0.05, 0) is 20.9 Å². The van der Waals surface area contributed by atoms with E-state index in [-0.39, 0.29) is 5.75 Å². The molecule has 0 aliphatic carbocycles. The molecule has 5 unspecified atom stereocenters. The summed E-state index contributed by atoms with van der Waals surface area (Å²) in [7, 11) is 1.42. The van der Waals surface area contributed by atoms with Crippen molar-refractivity contribution >= 4 is 47.3 Å². The molecule has 5 amide bonds. The number of aliphatic hydroxyl groups is 2. The number of aliphatic carboxylic acids is 1. The van der Waals surface area contributed by atoms with Crippen LogP contribution in [-0.4, -0.2) is 112 Å². The fraction of sp³-hybridized carbons (Fsp3) is 0.684. The van der Waals surface area contributed by atoms with Crippen molar-refractivity contribution < 1.29 is 44.1 Å². The topological polar surface area (TPSA) is 249 Å². The van der Waals surface area contributed by atoms with Crippen LogP contribution >= 0.6 is 11.8 Å². The van der Waals surface area contributed by atoms with Crippen molar-refractivity contribution in [1.82, 2.24) is 26.6 Å². The van der Waals surface area contributed by atoms with Gasteiger partial charge in [0.1, 0.15) is 23.4 Å². The number of nitrogens with one attached hydrogen (secondary N) is 5. The SMILES string of the molecule is CNC1CSC(C(=O)O)[C@@H]([C@H](C)O)NC(=O)C(CC(N)=O)NC(=O)C(C)NC(=O)C(CO)NC1=O. The molecule has 1 saturated heterocycles. The highest BCUT2D eigenvalue weighted by Crippen LogP contribution is 2.20. The molecule has 0 aromatic rings. The zero-order chi connectivity index (χ0) is 26.9. The van der Waals surface area contributed by atoms with Crippen LogP contribution in [0.1, 0.15) is 20.3 Å². The summed E-state index contributed by atoms with van der Waals surface area (Å²) in [5.74, 6) is -6.04. The third-order valence-corrected chi connectivity index (χ3v) is 6.49. The second-order valence-corrected chi connectivity index (χ2v) is 9.09.